The second-order valence-corrected chi connectivity index (χ2v) is 7.74. The number of hydrogen-bond acceptors (Lipinski definition) is 5. The molecule has 1 aliphatic heterocycles. The van der Waals surface area contributed by atoms with Crippen LogP contribution < -0.4 is 9.47 Å². The monoisotopic (exact) mass is 381 g/mol. The lowest BCUT2D eigenvalue weighted by Gasteiger charge is -2.47. The van der Waals surface area contributed by atoms with Crippen molar-refractivity contribution >= 4 is 5.97 Å². The van der Waals surface area contributed by atoms with E-state index in [-0.39, 0.29) is 11.4 Å². The van der Waals surface area contributed by atoms with E-state index < -0.39 is 0 Å². The first kappa shape index (κ1) is 18.8. The van der Waals surface area contributed by atoms with Crippen molar-refractivity contribution in [2.45, 2.75) is 19.8 Å². The van der Waals surface area contributed by atoms with Gasteiger partial charge >= 0.3 is 5.97 Å². The number of likely N-dealkylation sites (tertiary alicyclic amines) is 1. The molecule has 0 amide bonds. The Balaban J connectivity index is 1.24. The second-order valence-electron chi connectivity index (χ2n) is 7.74. The lowest BCUT2D eigenvalue weighted by atomic mass is 9.77. The van der Waals surface area contributed by atoms with Crippen molar-refractivity contribution in [3.8, 4) is 11.5 Å². The lowest BCUT2D eigenvalue weighted by molar-refractivity contribution is -0.147. The Morgan fingerprint density at radius 3 is 2.43 bits per heavy atom. The quantitative estimate of drug-likeness (QED) is 0.519. The number of benzene rings is 2. The van der Waals surface area contributed by atoms with Crippen molar-refractivity contribution in [1.82, 2.24) is 4.90 Å². The lowest BCUT2D eigenvalue weighted by Crippen LogP contribution is -2.58. The fourth-order valence-corrected chi connectivity index (χ4v) is 4.36. The fourth-order valence-electron chi connectivity index (χ4n) is 4.36. The van der Waals surface area contributed by atoms with Gasteiger partial charge in [0.1, 0.15) is 24.7 Å². The molecule has 2 aliphatic rings. The molecule has 0 N–H and O–H groups in total. The maximum absolute atomic E-state index is 11.6. The summed E-state index contributed by atoms with van der Waals surface area (Å²) in [6.07, 6.45) is 2.14. The van der Waals surface area contributed by atoms with Gasteiger partial charge in [0.15, 0.2) is 0 Å². The molecule has 148 valence electrons. The highest BCUT2D eigenvalue weighted by Crippen LogP contribution is 2.44. The highest BCUT2D eigenvalue weighted by Gasteiger charge is 2.47. The molecule has 1 saturated heterocycles. The summed E-state index contributed by atoms with van der Waals surface area (Å²) >= 11 is 0. The second kappa shape index (κ2) is 8.23. The summed E-state index contributed by atoms with van der Waals surface area (Å²) in [5.41, 5.74) is 3.06. The largest absolute Gasteiger partial charge is 0.490 e. The van der Waals surface area contributed by atoms with Crippen LogP contribution >= 0.6 is 0 Å². The standard InChI is InChI=1S/C23H27NO4/c1-2-26-22(25)15-24-16-23(17-24)13-18-8-9-21(12-19(18)14-23)28-11-10-27-20-6-4-3-5-7-20/h3-9,12H,2,10-11,13-17H2,1H3. The molecular weight excluding hydrogens is 354 g/mol. The van der Waals surface area contributed by atoms with Gasteiger partial charge in [-0.25, -0.2) is 0 Å². The molecule has 0 aromatic heterocycles. The van der Waals surface area contributed by atoms with Crippen LogP contribution in [0.4, 0.5) is 0 Å². The third kappa shape index (κ3) is 4.30. The van der Waals surface area contributed by atoms with Gasteiger partial charge in [-0.05, 0) is 55.2 Å². The molecule has 1 heterocycles. The Kier molecular flexibility index (Phi) is 5.53. The Labute approximate surface area is 166 Å². The fraction of sp³-hybridized carbons (Fsp3) is 0.435. The average molecular weight is 381 g/mol. The zero-order valence-electron chi connectivity index (χ0n) is 16.4. The van der Waals surface area contributed by atoms with Crippen LogP contribution in [-0.2, 0) is 22.4 Å². The summed E-state index contributed by atoms with van der Waals surface area (Å²) in [6, 6.07) is 16.2. The predicted octanol–water partition coefficient (Wildman–Crippen LogP) is 3.11. The van der Waals surface area contributed by atoms with Crippen molar-refractivity contribution in [3.05, 3.63) is 59.7 Å². The van der Waals surface area contributed by atoms with Crippen molar-refractivity contribution < 1.29 is 19.0 Å². The molecule has 0 unspecified atom stereocenters. The molecular formula is C23H27NO4. The highest BCUT2D eigenvalue weighted by atomic mass is 16.5. The van der Waals surface area contributed by atoms with Crippen LogP contribution in [0, 0.1) is 5.41 Å². The van der Waals surface area contributed by atoms with Crippen LogP contribution in [0.5, 0.6) is 11.5 Å². The molecule has 0 saturated carbocycles. The normalized spacial score (nSPS) is 17.0. The number of esters is 1. The SMILES string of the molecule is CCOC(=O)CN1CC2(Cc3ccc(OCCOc4ccccc4)cc3C2)C1. The first-order chi connectivity index (χ1) is 13.7. The van der Waals surface area contributed by atoms with E-state index in [9.17, 15) is 4.79 Å². The molecule has 0 atom stereocenters. The smallest absolute Gasteiger partial charge is 0.320 e. The van der Waals surface area contributed by atoms with Gasteiger partial charge < -0.3 is 14.2 Å². The van der Waals surface area contributed by atoms with Gasteiger partial charge in [0.05, 0.1) is 13.2 Å². The van der Waals surface area contributed by atoms with Gasteiger partial charge in [0, 0.05) is 18.5 Å². The van der Waals surface area contributed by atoms with E-state index in [0.717, 1.165) is 37.4 Å². The summed E-state index contributed by atoms with van der Waals surface area (Å²) in [5.74, 6) is 1.63. The van der Waals surface area contributed by atoms with E-state index >= 15 is 0 Å². The van der Waals surface area contributed by atoms with E-state index in [0.29, 0.717) is 26.4 Å². The van der Waals surface area contributed by atoms with Crippen molar-refractivity contribution in [2.24, 2.45) is 5.41 Å². The minimum absolute atomic E-state index is 0.124. The van der Waals surface area contributed by atoms with Crippen LogP contribution in [0.15, 0.2) is 48.5 Å². The molecule has 1 spiro atoms. The number of rotatable bonds is 8. The first-order valence-corrected chi connectivity index (χ1v) is 9.96. The Bertz CT molecular complexity index is 815. The van der Waals surface area contributed by atoms with Crippen LogP contribution in [0.25, 0.3) is 0 Å². The van der Waals surface area contributed by atoms with Gasteiger partial charge in [-0.2, -0.15) is 0 Å². The van der Waals surface area contributed by atoms with E-state index in [1.165, 1.54) is 11.1 Å². The van der Waals surface area contributed by atoms with Crippen LogP contribution in [-0.4, -0.2) is 50.3 Å². The third-order valence-corrected chi connectivity index (χ3v) is 5.45. The number of carbonyl (C=O) groups is 1. The van der Waals surface area contributed by atoms with Gasteiger partial charge in [-0.15, -0.1) is 0 Å². The number of fused-ring (bicyclic) bond motifs is 1. The summed E-state index contributed by atoms with van der Waals surface area (Å²) in [4.78, 5) is 13.8. The molecule has 0 radical (unpaired) electrons. The summed E-state index contributed by atoms with van der Waals surface area (Å²) in [5, 5.41) is 0. The maximum Gasteiger partial charge on any atom is 0.320 e. The van der Waals surface area contributed by atoms with Crippen LogP contribution in [0.2, 0.25) is 0 Å². The van der Waals surface area contributed by atoms with Crippen molar-refractivity contribution in [2.75, 3.05) is 39.5 Å². The predicted molar refractivity (Wildman–Crippen MR) is 107 cm³/mol. The zero-order valence-corrected chi connectivity index (χ0v) is 16.4. The average Bonchev–Trinajstić information content (AvgIpc) is 3.05. The summed E-state index contributed by atoms with van der Waals surface area (Å²) in [6.45, 7) is 5.66. The van der Waals surface area contributed by atoms with E-state index in [1.54, 1.807) is 0 Å². The van der Waals surface area contributed by atoms with Gasteiger partial charge in [0.2, 0.25) is 0 Å². The number of nitrogens with zero attached hydrogens (tertiary/aromatic N) is 1. The number of para-hydroxylation sites is 1. The molecule has 2 aromatic rings. The molecule has 0 bridgehead atoms. The molecule has 28 heavy (non-hydrogen) atoms. The minimum Gasteiger partial charge on any atom is -0.490 e. The van der Waals surface area contributed by atoms with Crippen LogP contribution in [0.1, 0.15) is 18.1 Å². The summed E-state index contributed by atoms with van der Waals surface area (Å²) in [7, 11) is 0. The maximum atomic E-state index is 11.6. The number of hydrogen-bond donors (Lipinski definition) is 0. The molecule has 5 heteroatoms. The van der Waals surface area contributed by atoms with Gasteiger partial charge in [-0.1, -0.05) is 24.3 Å². The van der Waals surface area contributed by atoms with Gasteiger partial charge in [0.25, 0.3) is 0 Å². The van der Waals surface area contributed by atoms with Crippen molar-refractivity contribution in [1.29, 1.82) is 0 Å². The Morgan fingerprint density at radius 2 is 1.68 bits per heavy atom. The van der Waals surface area contributed by atoms with E-state index in [2.05, 4.69) is 23.1 Å². The summed E-state index contributed by atoms with van der Waals surface area (Å²) < 4.78 is 16.6. The topological polar surface area (TPSA) is 48.0 Å². The Hall–Kier alpha value is -2.53. The molecule has 4 rings (SSSR count). The Morgan fingerprint density at radius 1 is 0.964 bits per heavy atom. The minimum atomic E-state index is -0.124. The molecule has 1 aliphatic carbocycles. The number of ether oxygens (including phenoxy) is 3. The van der Waals surface area contributed by atoms with Crippen molar-refractivity contribution in [3.63, 3.8) is 0 Å². The highest BCUT2D eigenvalue weighted by molar-refractivity contribution is 5.71. The van der Waals surface area contributed by atoms with Crippen LogP contribution in [0.3, 0.4) is 0 Å². The number of carbonyl (C=O) groups excluding carboxylic acids is 1. The zero-order chi connectivity index (χ0) is 19.4. The molecule has 2 aromatic carbocycles. The molecule has 1 fully saturated rings. The molecule has 5 nitrogen and oxygen atoms in total. The van der Waals surface area contributed by atoms with E-state index in [4.69, 9.17) is 14.2 Å². The van der Waals surface area contributed by atoms with Gasteiger partial charge in [-0.3, -0.25) is 9.69 Å². The first-order valence-electron chi connectivity index (χ1n) is 9.96. The van der Waals surface area contributed by atoms with E-state index in [1.807, 2.05) is 37.3 Å². The third-order valence-electron chi connectivity index (χ3n) is 5.45.